The highest BCUT2D eigenvalue weighted by Gasteiger charge is 2.53. The Hall–Kier alpha value is -2.31. The molecule has 1 heterocycles. The maximum Gasteiger partial charge on any atom is 0.416 e. The molecule has 1 saturated carbocycles. The van der Waals surface area contributed by atoms with Gasteiger partial charge in [-0.05, 0) is 51.0 Å². The van der Waals surface area contributed by atoms with E-state index in [0.717, 1.165) is 12.1 Å². The highest BCUT2D eigenvalue weighted by Crippen LogP contribution is 2.50. The van der Waals surface area contributed by atoms with Gasteiger partial charge in [0, 0.05) is 17.8 Å². The Morgan fingerprint density at radius 1 is 1.24 bits per heavy atom. The fraction of sp³-hybridized carbons (Fsp3) is 0.389. The Balaban J connectivity index is 1.87. The standard InChI is InChI=1S/C18H18F4N2O/c1-11(2)24-9-3-4-15(24)23-16(25)17(7-8-17)13-6-5-12(10-14(13)19)18(20,21)22/h3-6,9-11H,7-8H2,1-2H3,(H,23,25). The average Bonchev–Trinajstić information content (AvgIpc) is 3.19. The quantitative estimate of drug-likeness (QED) is 0.779. The summed E-state index contributed by atoms with van der Waals surface area (Å²) >= 11 is 0. The van der Waals surface area contributed by atoms with Crippen molar-refractivity contribution < 1.29 is 22.4 Å². The number of carbonyl (C=O) groups is 1. The van der Waals surface area contributed by atoms with Gasteiger partial charge in [0.05, 0.1) is 11.0 Å². The maximum absolute atomic E-state index is 14.3. The minimum atomic E-state index is -4.61. The lowest BCUT2D eigenvalue weighted by Gasteiger charge is -2.19. The number of benzene rings is 1. The molecule has 0 radical (unpaired) electrons. The van der Waals surface area contributed by atoms with Crippen molar-refractivity contribution in [3.05, 3.63) is 53.5 Å². The van der Waals surface area contributed by atoms with E-state index >= 15 is 0 Å². The van der Waals surface area contributed by atoms with Crippen LogP contribution in [0.1, 0.15) is 43.9 Å². The molecule has 1 amide bonds. The Bertz CT molecular complexity index is 804. The number of rotatable bonds is 4. The minimum absolute atomic E-state index is 0.0145. The molecule has 0 saturated heterocycles. The van der Waals surface area contributed by atoms with E-state index in [0.29, 0.717) is 24.7 Å². The van der Waals surface area contributed by atoms with E-state index in [1.54, 1.807) is 12.1 Å². The van der Waals surface area contributed by atoms with E-state index in [2.05, 4.69) is 5.32 Å². The summed E-state index contributed by atoms with van der Waals surface area (Å²) in [4.78, 5) is 12.7. The maximum atomic E-state index is 14.3. The monoisotopic (exact) mass is 354 g/mol. The zero-order valence-corrected chi connectivity index (χ0v) is 13.8. The van der Waals surface area contributed by atoms with Crippen LogP contribution in [0.15, 0.2) is 36.5 Å². The molecular weight excluding hydrogens is 336 g/mol. The average molecular weight is 354 g/mol. The van der Waals surface area contributed by atoms with E-state index in [1.807, 2.05) is 24.6 Å². The van der Waals surface area contributed by atoms with Gasteiger partial charge in [0.25, 0.3) is 0 Å². The van der Waals surface area contributed by atoms with Crippen molar-refractivity contribution in [1.82, 2.24) is 4.57 Å². The molecule has 1 aliphatic carbocycles. The van der Waals surface area contributed by atoms with Crippen molar-refractivity contribution in [3.63, 3.8) is 0 Å². The second-order valence-electron chi connectivity index (χ2n) is 6.62. The number of nitrogens with one attached hydrogen (secondary N) is 1. The van der Waals surface area contributed by atoms with Crippen molar-refractivity contribution in [1.29, 1.82) is 0 Å². The Morgan fingerprint density at radius 3 is 2.44 bits per heavy atom. The SMILES string of the molecule is CC(C)n1cccc1NC(=O)C1(c2ccc(C(F)(F)F)cc2F)CC1. The molecule has 0 atom stereocenters. The first kappa shape index (κ1) is 17.5. The molecule has 1 fully saturated rings. The number of alkyl halides is 3. The number of carbonyl (C=O) groups excluding carboxylic acids is 1. The van der Waals surface area contributed by atoms with Gasteiger partial charge in [0.1, 0.15) is 11.6 Å². The largest absolute Gasteiger partial charge is 0.416 e. The van der Waals surface area contributed by atoms with Crippen LogP contribution in [-0.4, -0.2) is 10.5 Å². The number of nitrogens with zero attached hydrogens (tertiary/aromatic N) is 1. The Morgan fingerprint density at radius 2 is 1.92 bits per heavy atom. The summed E-state index contributed by atoms with van der Waals surface area (Å²) in [6, 6.07) is 6.00. The number of aromatic nitrogens is 1. The lowest BCUT2D eigenvalue weighted by Crippen LogP contribution is -2.30. The summed E-state index contributed by atoms with van der Waals surface area (Å²) in [5.74, 6) is -0.813. The molecule has 3 nitrogen and oxygen atoms in total. The van der Waals surface area contributed by atoms with E-state index in [1.165, 1.54) is 0 Å². The molecule has 25 heavy (non-hydrogen) atoms. The van der Waals surface area contributed by atoms with Gasteiger partial charge in [-0.25, -0.2) is 4.39 Å². The third-order valence-electron chi connectivity index (χ3n) is 4.57. The topological polar surface area (TPSA) is 34.0 Å². The van der Waals surface area contributed by atoms with Crippen molar-refractivity contribution in [3.8, 4) is 0 Å². The van der Waals surface area contributed by atoms with Crippen LogP contribution < -0.4 is 5.32 Å². The van der Waals surface area contributed by atoms with E-state index < -0.39 is 28.9 Å². The molecule has 3 rings (SSSR count). The van der Waals surface area contributed by atoms with E-state index in [9.17, 15) is 22.4 Å². The van der Waals surface area contributed by atoms with Crippen molar-refractivity contribution >= 4 is 11.7 Å². The molecule has 134 valence electrons. The number of amides is 1. The molecule has 7 heteroatoms. The van der Waals surface area contributed by atoms with Crippen LogP contribution in [0.2, 0.25) is 0 Å². The van der Waals surface area contributed by atoms with Crippen LogP contribution in [0.4, 0.5) is 23.4 Å². The first-order chi connectivity index (χ1) is 11.6. The molecule has 1 aliphatic rings. The molecule has 1 N–H and O–H groups in total. The predicted octanol–water partition coefficient (Wildman–Crippen LogP) is 4.90. The first-order valence-corrected chi connectivity index (χ1v) is 8.01. The molecular formula is C18H18F4N2O. The fourth-order valence-corrected chi connectivity index (χ4v) is 3.01. The summed E-state index contributed by atoms with van der Waals surface area (Å²) in [6.07, 6.45) is -1.98. The summed E-state index contributed by atoms with van der Waals surface area (Å²) < 4.78 is 54.2. The van der Waals surface area contributed by atoms with E-state index in [4.69, 9.17) is 0 Å². The third-order valence-corrected chi connectivity index (χ3v) is 4.57. The van der Waals surface area contributed by atoms with E-state index in [-0.39, 0.29) is 11.6 Å². The van der Waals surface area contributed by atoms with Crippen LogP contribution in [0.25, 0.3) is 0 Å². The van der Waals surface area contributed by atoms with Crippen LogP contribution >= 0.6 is 0 Å². The zero-order valence-electron chi connectivity index (χ0n) is 13.8. The highest BCUT2D eigenvalue weighted by atomic mass is 19.4. The molecule has 0 unspecified atom stereocenters. The van der Waals surface area contributed by atoms with Gasteiger partial charge in [0.15, 0.2) is 0 Å². The third kappa shape index (κ3) is 3.15. The number of hydrogen-bond acceptors (Lipinski definition) is 1. The Kier molecular flexibility index (Phi) is 4.13. The normalized spacial score (nSPS) is 16.1. The van der Waals surface area contributed by atoms with Gasteiger partial charge in [-0.2, -0.15) is 13.2 Å². The van der Waals surface area contributed by atoms with Crippen molar-refractivity contribution in [2.24, 2.45) is 0 Å². The van der Waals surface area contributed by atoms with Gasteiger partial charge in [-0.15, -0.1) is 0 Å². The van der Waals surface area contributed by atoms with Crippen LogP contribution in [0.3, 0.4) is 0 Å². The van der Waals surface area contributed by atoms with Gasteiger partial charge in [-0.3, -0.25) is 4.79 Å². The first-order valence-electron chi connectivity index (χ1n) is 8.01. The predicted molar refractivity (Wildman–Crippen MR) is 85.8 cm³/mol. The number of halogens is 4. The lowest BCUT2D eigenvalue weighted by atomic mass is 9.93. The second-order valence-corrected chi connectivity index (χ2v) is 6.62. The fourth-order valence-electron chi connectivity index (χ4n) is 3.01. The summed E-state index contributed by atoms with van der Waals surface area (Å²) in [6.45, 7) is 3.91. The van der Waals surface area contributed by atoms with Gasteiger partial charge in [-0.1, -0.05) is 6.07 Å². The zero-order chi connectivity index (χ0) is 18.4. The number of hydrogen-bond donors (Lipinski definition) is 1. The van der Waals surface area contributed by atoms with Gasteiger partial charge >= 0.3 is 6.18 Å². The molecule has 2 aromatic rings. The molecule has 0 bridgehead atoms. The summed E-state index contributed by atoms with van der Waals surface area (Å²) in [7, 11) is 0. The highest BCUT2D eigenvalue weighted by molar-refractivity contribution is 6.01. The molecule has 1 aromatic carbocycles. The van der Waals surface area contributed by atoms with Crippen molar-refractivity contribution in [2.45, 2.75) is 44.3 Å². The van der Waals surface area contributed by atoms with Crippen molar-refractivity contribution in [2.75, 3.05) is 5.32 Å². The number of anilines is 1. The lowest BCUT2D eigenvalue weighted by molar-refractivity contribution is -0.137. The van der Waals surface area contributed by atoms with Crippen LogP contribution in [0.5, 0.6) is 0 Å². The second kappa shape index (κ2) is 5.89. The van der Waals surface area contributed by atoms with Gasteiger partial charge < -0.3 is 9.88 Å². The van der Waals surface area contributed by atoms with Crippen LogP contribution in [0, 0.1) is 5.82 Å². The summed E-state index contributed by atoms with van der Waals surface area (Å²) in [5.41, 5.74) is -2.14. The molecule has 0 aliphatic heterocycles. The van der Waals surface area contributed by atoms with Gasteiger partial charge in [0.2, 0.25) is 5.91 Å². The molecule has 1 aromatic heterocycles. The molecule has 0 spiro atoms. The summed E-state index contributed by atoms with van der Waals surface area (Å²) in [5, 5.41) is 2.78. The smallest absolute Gasteiger partial charge is 0.332 e. The Labute approximate surface area is 142 Å². The minimum Gasteiger partial charge on any atom is -0.332 e. The van der Waals surface area contributed by atoms with Crippen LogP contribution in [-0.2, 0) is 16.4 Å².